The summed E-state index contributed by atoms with van der Waals surface area (Å²) in [6, 6.07) is 2.79. The predicted molar refractivity (Wildman–Crippen MR) is 62.6 cm³/mol. The van der Waals surface area contributed by atoms with Gasteiger partial charge < -0.3 is 13.6 Å². The zero-order chi connectivity index (χ0) is 12.4. The van der Waals surface area contributed by atoms with E-state index in [-0.39, 0.29) is 11.5 Å². The highest BCUT2D eigenvalue weighted by Gasteiger charge is 2.20. The molecule has 0 amide bonds. The molecule has 0 aliphatic rings. The number of rotatable bonds is 2. The van der Waals surface area contributed by atoms with Crippen molar-refractivity contribution in [1.29, 1.82) is 0 Å². The summed E-state index contributed by atoms with van der Waals surface area (Å²) in [5.41, 5.74) is 0. The van der Waals surface area contributed by atoms with Crippen LogP contribution in [0.5, 0.6) is 0 Å². The van der Waals surface area contributed by atoms with Gasteiger partial charge in [0.05, 0.1) is 8.95 Å². The summed E-state index contributed by atoms with van der Waals surface area (Å²) in [4.78, 5) is 22.9. The maximum Gasteiger partial charge on any atom is 0.382 e. The van der Waals surface area contributed by atoms with Gasteiger partial charge in [-0.2, -0.15) is 0 Å². The zero-order valence-electron chi connectivity index (χ0n) is 8.11. The van der Waals surface area contributed by atoms with Crippen LogP contribution in [0.2, 0.25) is 0 Å². The first kappa shape index (κ1) is 12.1. The second-order valence-electron chi connectivity index (χ2n) is 2.94. The molecule has 2 aromatic heterocycles. The molecule has 0 aliphatic carbocycles. The molecule has 0 atom stereocenters. The highest BCUT2D eigenvalue weighted by atomic mass is 79.9. The van der Waals surface area contributed by atoms with Crippen molar-refractivity contribution in [2.24, 2.45) is 0 Å². The van der Waals surface area contributed by atoms with E-state index in [0.717, 1.165) is 0 Å². The quantitative estimate of drug-likeness (QED) is 0.604. The van der Waals surface area contributed by atoms with Crippen molar-refractivity contribution in [3.63, 3.8) is 0 Å². The average Bonchev–Trinajstić information content (AvgIpc) is 2.87. The van der Waals surface area contributed by atoms with Gasteiger partial charge in [-0.05, 0) is 31.9 Å². The molecule has 0 radical (unpaired) electrons. The molecule has 0 aromatic carbocycles. The third kappa shape index (κ3) is 2.86. The minimum absolute atomic E-state index is 0.0733. The summed E-state index contributed by atoms with van der Waals surface area (Å²) in [5.74, 6) is -1.91. The number of ether oxygens (including phenoxy) is 1. The Morgan fingerprint density at radius 1 is 0.941 bits per heavy atom. The molecule has 0 bridgehead atoms. The molecule has 0 saturated heterocycles. The van der Waals surface area contributed by atoms with Gasteiger partial charge >= 0.3 is 11.9 Å². The van der Waals surface area contributed by atoms with Gasteiger partial charge in [-0.15, -0.1) is 0 Å². The fraction of sp³-hybridized carbons (Fsp3) is 0. The summed E-state index contributed by atoms with van der Waals surface area (Å²) in [7, 11) is 0. The van der Waals surface area contributed by atoms with Gasteiger partial charge in [-0.1, -0.05) is 0 Å². The Bertz CT molecular complexity index is 519. The Morgan fingerprint density at radius 2 is 1.35 bits per heavy atom. The van der Waals surface area contributed by atoms with Crippen molar-refractivity contribution in [2.75, 3.05) is 0 Å². The van der Waals surface area contributed by atoms with Crippen LogP contribution in [0.1, 0.15) is 21.1 Å². The Balaban J connectivity index is 2.07. The number of furan rings is 2. The van der Waals surface area contributed by atoms with Gasteiger partial charge in [0.15, 0.2) is 0 Å². The molecule has 2 heterocycles. The minimum Gasteiger partial charge on any atom is -0.456 e. The SMILES string of the molecule is O=C(OC(=O)c1cc(Br)co1)c1cc(Br)co1. The fourth-order valence-corrected chi connectivity index (χ4v) is 1.63. The van der Waals surface area contributed by atoms with Crippen molar-refractivity contribution < 1.29 is 23.2 Å². The third-order valence-electron chi connectivity index (χ3n) is 1.72. The third-order valence-corrected chi connectivity index (χ3v) is 2.55. The van der Waals surface area contributed by atoms with Crippen molar-refractivity contribution in [3.8, 4) is 0 Å². The number of esters is 2. The molecule has 2 rings (SSSR count). The average molecular weight is 364 g/mol. The number of halogens is 2. The standard InChI is InChI=1S/C10H4Br2O5/c11-5-1-7(15-3-5)9(13)17-10(14)8-2-6(12)4-16-8/h1-4H. The van der Waals surface area contributed by atoms with Gasteiger partial charge in [0.2, 0.25) is 11.5 Å². The van der Waals surface area contributed by atoms with Crippen LogP contribution in [0.15, 0.2) is 42.4 Å². The Morgan fingerprint density at radius 3 is 1.65 bits per heavy atom. The summed E-state index contributed by atoms with van der Waals surface area (Å²) in [5, 5.41) is 0. The smallest absolute Gasteiger partial charge is 0.382 e. The second-order valence-corrected chi connectivity index (χ2v) is 4.77. The number of hydrogen-bond donors (Lipinski definition) is 0. The predicted octanol–water partition coefficient (Wildman–Crippen LogP) is 3.39. The summed E-state index contributed by atoms with van der Waals surface area (Å²) < 4.78 is 15.4. The number of hydrogen-bond acceptors (Lipinski definition) is 5. The number of carbonyl (C=O) groups is 2. The van der Waals surface area contributed by atoms with Crippen LogP contribution in [-0.2, 0) is 4.74 Å². The minimum atomic E-state index is -0.881. The largest absolute Gasteiger partial charge is 0.456 e. The maximum absolute atomic E-state index is 11.4. The van der Waals surface area contributed by atoms with Crippen LogP contribution in [0.4, 0.5) is 0 Å². The van der Waals surface area contributed by atoms with Crippen molar-refractivity contribution in [2.45, 2.75) is 0 Å². The van der Waals surface area contributed by atoms with E-state index in [4.69, 9.17) is 8.83 Å². The second kappa shape index (κ2) is 4.89. The first-order valence-electron chi connectivity index (χ1n) is 4.31. The van der Waals surface area contributed by atoms with E-state index in [1.54, 1.807) is 0 Å². The lowest BCUT2D eigenvalue weighted by molar-refractivity contribution is 0.0354. The summed E-state index contributed by atoms with van der Waals surface area (Å²) >= 11 is 6.21. The molecule has 17 heavy (non-hydrogen) atoms. The Hall–Kier alpha value is -1.34. The van der Waals surface area contributed by atoms with Crippen LogP contribution in [0.25, 0.3) is 0 Å². The van der Waals surface area contributed by atoms with Gasteiger partial charge in [0.25, 0.3) is 0 Å². The van der Waals surface area contributed by atoms with Gasteiger partial charge in [0.1, 0.15) is 12.5 Å². The molecule has 2 aromatic rings. The molecule has 5 nitrogen and oxygen atoms in total. The molecule has 0 saturated carbocycles. The molecule has 0 N–H and O–H groups in total. The van der Waals surface area contributed by atoms with Gasteiger partial charge in [0, 0.05) is 12.1 Å². The molecule has 88 valence electrons. The molecular weight excluding hydrogens is 360 g/mol. The zero-order valence-corrected chi connectivity index (χ0v) is 11.3. The van der Waals surface area contributed by atoms with E-state index in [9.17, 15) is 9.59 Å². The van der Waals surface area contributed by atoms with Gasteiger partial charge in [-0.3, -0.25) is 0 Å². The van der Waals surface area contributed by atoms with Crippen molar-refractivity contribution in [1.82, 2.24) is 0 Å². The summed E-state index contributed by atoms with van der Waals surface area (Å²) in [6.45, 7) is 0. The molecule has 0 spiro atoms. The van der Waals surface area contributed by atoms with E-state index < -0.39 is 11.9 Å². The number of carbonyl (C=O) groups excluding carboxylic acids is 2. The van der Waals surface area contributed by atoms with Crippen molar-refractivity contribution >= 4 is 43.8 Å². The molecular formula is C10H4Br2O5. The van der Waals surface area contributed by atoms with Crippen LogP contribution in [0.3, 0.4) is 0 Å². The van der Waals surface area contributed by atoms with E-state index >= 15 is 0 Å². The summed E-state index contributed by atoms with van der Waals surface area (Å²) in [6.07, 6.45) is 2.62. The van der Waals surface area contributed by atoms with E-state index in [1.807, 2.05) is 0 Å². The molecule has 0 unspecified atom stereocenters. The van der Waals surface area contributed by atoms with Crippen LogP contribution >= 0.6 is 31.9 Å². The van der Waals surface area contributed by atoms with Crippen LogP contribution in [-0.4, -0.2) is 11.9 Å². The first-order chi connectivity index (χ1) is 8.06. The topological polar surface area (TPSA) is 69.7 Å². The van der Waals surface area contributed by atoms with E-state index in [1.165, 1.54) is 24.7 Å². The van der Waals surface area contributed by atoms with Crippen LogP contribution < -0.4 is 0 Å². The molecule has 0 aliphatic heterocycles. The first-order valence-corrected chi connectivity index (χ1v) is 5.89. The van der Waals surface area contributed by atoms with E-state index in [2.05, 4.69) is 36.6 Å². The maximum atomic E-state index is 11.4. The van der Waals surface area contributed by atoms with E-state index in [0.29, 0.717) is 8.95 Å². The Kier molecular flexibility index (Phi) is 3.49. The molecule has 0 fully saturated rings. The highest BCUT2D eigenvalue weighted by Crippen LogP contribution is 2.17. The Labute approximate surface area is 112 Å². The highest BCUT2D eigenvalue weighted by molar-refractivity contribution is 9.10. The lowest BCUT2D eigenvalue weighted by Crippen LogP contribution is -2.11. The normalized spacial score (nSPS) is 10.2. The lowest BCUT2D eigenvalue weighted by Gasteiger charge is -1.96. The lowest BCUT2D eigenvalue weighted by atomic mass is 10.4. The molecule has 7 heteroatoms. The van der Waals surface area contributed by atoms with Gasteiger partial charge in [-0.25, -0.2) is 9.59 Å². The fourth-order valence-electron chi connectivity index (χ4n) is 1.02. The van der Waals surface area contributed by atoms with Crippen molar-refractivity contribution in [3.05, 3.63) is 45.1 Å². The van der Waals surface area contributed by atoms with Crippen LogP contribution in [0, 0.1) is 0 Å². The monoisotopic (exact) mass is 362 g/mol.